The molecule has 0 aliphatic rings. The van der Waals surface area contributed by atoms with E-state index >= 15 is 0 Å². The van der Waals surface area contributed by atoms with Gasteiger partial charge in [0.15, 0.2) is 0 Å². The summed E-state index contributed by atoms with van der Waals surface area (Å²) in [5, 5.41) is 9.94. The SMILES string of the molecule is Cc1cccc(-c2ccc3c4ccc(-c5nc(-n6c7ccccc7c7ccccc76)ccc5C)cc4c4ccccc4c3c2)n1. The number of aryl methyl sites for hydroxylation is 2. The molecule has 0 saturated carbocycles. The normalized spacial score (nSPS) is 11.8. The van der Waals surface area contributed by atoms with Crippen LogP contribution in [-0.2, 0) is 0 Å². The summed E-state index contributed by atoms with van der Waals surface area (Å²) in [6.45, 7) is 4.20. The molecular formula is C42H29N3. The number of nitrogens with zero attached hydrogens (tertiary/aromatic N) is 3. The molecule has 0 unspecified atom stereocenters. The minimum absolute atomic E-state index is 0.925. The average molecular weight is 576 g/mol. The Hall–Kier alpha value is -5.80. The second-order valence-corrected chi connectivity index (χ2v) is 11.9. The van der Waals surface area contributed by atoms with Crippen LogP contribution in [0.15, 0.2) is 140 Å². The Labute approximate surface area is 261 Å². The lowest BCUT2D eigenvalue weighted by atomic mass is 9.91. The van der Waals surface area contributed by atoms with Gasteiger partial charge >= 0.3 is 0 Å². The van der Waals surface area contributed by atoms with Crippen LogP contribution in [0, 0.1) is 13.8 Å². The molecule has 0 saturated heterocycles. The largest absolute Gasteiger partial charge is 0.294 e. The second kappa shape index (κ2) is 9.87. The lowest BCUT2D eigenvalue weighted by Gasteiger charge is -2.15. The van der Waals surface area contributed by atoms with Crippen molar-refractivity contribution in [3.63, 3.8) is 0 Å². The summed E-state index contributed by atoms with van der Waals surface area (Å²) >= 11 is 0. The van der Waals surface area contributed by atoms with Crippen molar-refractivity contribution in [3.05, 3.63) is 151 Å². The molecular weight excluding hydrogens is 546 g/mol. The number of hydrogen-bond donors (Lipinski definition) is 0. The number of rotatable bonds is 3. The number of aromatic nitrogens is 3. The Balaban J connectivity index is 1.26. The monoisotopic (exact) mass is 575 g/mol. The fraction of sp³-hybridized carbons (Fsp3) is 0.0476. The van der Waals surface area contributed by atoms with E-state index in [2.05, 4.69) is 145 Å². The Bertz CT molecular complexity index is 2550. The molecule has 0 amide bonds. The Morgan fingerprint density at radius 1 is 0.422 bits per heavy atom. The van der Waals surface area contributed by atoms with Crippen molar-refractivity contribution in [3.8, 4) is 28.3 Å². The molecule has 3 heteroatoms. The Morgan fingerprint density at radius 3 is 1.62 bits per heavy atom. The highest BCUT2D eigenvalue weighted by Crippen LogP contribution is 2.39. The topological polar surface area (TPSA) is 30.7 Å². The van der Waals surface area contributed by atoms with E-state index in [1.807, 2.05) is 13.0 Å². The molecule has 9 rings (SSSR count). The molecule has 0 N–H and O–H groups in total. The molecule has 3 heterocycles. The maximum Gasteiger partial charge on any atom is 0.138 e. The van der Waals surface area contributed by atoms with Gasteiger partial charge < -0.3 is 0 Å². The van der Waals surface area contributed by atoms with E-state index in [1.165, 1.54) is 43.1 Å². The van der Waals surface area contributed by atoms with E-state index in [1.54, 1.807) is 0 Å². The van der Waals surface area contributed by atoms with Crippen molar-refractivity contribution in [2.24, 2.45) is 0 Å². The van der Waals surface area contributed by atoms with Crippen LogP contribution in [0.1, 0.15) is 11.3 Å². The van der Waals surface area contributed by atoms with Gasteiger partial charge in [-0.2, -0.15) is 0 Å². The first-order valence-corrected chi connectivity index (χ1v) is 15.4. The third-order valence-electron chi connectivity index (χ3n) is 9.19. The summed E-state index contributed by atoms with van der Waals surface area (Å²) in [6, 6.07) is 50.1. The fourth-order valence-corrected chi connectivity index (χ4v) is 7.07. The zero-order valence-electron chi connectivity index (χ0n) is 25.1. The lowest BCUT2D eigenvalue weighted by Crippen LogP contribution is -2.00. The first kappa shape index (κ1) is 25.7. The fourth-order valence-electron chi connectivity index (χ4n) is 7.07. The molecule has 0 aliphatic carbocycles. The van der Waals surface area contributed by atoms with E-state index in [-0.39, 0.29) is 0 Å². The van der Waals surface area contributed by atoms with Crippen LogP contribution in [-0.4, -0.2) is 14.5 Å². The maximum atomic E-state index is 5.34. The second-order valence-electron chi connectivity index (χ2n) is 11.9. The van der Waals surface area contributed by atoms with Crippen LogP contribution in [0.5, 0.6) is 0 Å². The summed E-state index contributed by atoms with van der Waals surface area (Å²) in [5.74, 6) is 0.925. The molecule has 0 radical (unpaired) electrons. The molecule has 45 heavy (non-hydrogen) atoms. The third kappa shape index (κ3) is 3.98. The average Bonchev–Trinajstić information content (AvgIpc) is 3.43. The molecule has 0 fully saturated rings. The molecule has 212 valence electrons. The summed E-state index contributed by atoms with van der Waals surface area (Å²) in [6.07, 6.45) is 0. The lowest BCUT2D eigenvalue weighted by molar-refractivity contribution is 1.07. The van der Waals surface area contributed by atoms with Gasteiger partial charge in [-0.3, -0.25) is 9.55 Å². The van der Waals surface area contributed by atoms with Gasteiger partial charge in [0.25, 0.3) is 0 Å². The highest BCUT2D eigenvalue weighted by Gasteiger charge is 2.16. The van der Waals surface area contributed by atoms with Crippen molar-refractivity contribution >= 4 is 54.1 Å². The van der Waals surface area contributed by atoms with Crippen LogP contribution in [0.2, 0.25) is 0 Å². The summed E-state index contributed by atoms with van der Waals surface area (Å²) in [7, 11) is 0. The summed E-state index contributed by atoms with van der Waals surface area (Å²) < 4.78 is 2.29. The van der Waals surface area contributed by atoms with Gasteiger partial charge in [0, 0.05) is 27.6 Å². The number of hydrogen-bond acceptors (Lipinski definition) is 2. The first-order chi connectivity index (χ1) is 22.1. The number of pyridine rings is 2. The standard InChI is InChI=1S/C42H29N3/c1-26-18-23-41(45-39-16-7-5-13-34(39)35-14-6-8-17-40(35)45)44-42(26)29-20-22-33-32-21-19-28(38-15-9-10-27(2)43-38)24-36(32)30-11-3-4-12-31(30)37(33)25-29/h3-25H,1-2H3. The van der Waals surface area contributed by atoms with Crippen LogP contribution >= 0.6 is 0 Å². The van der Waals surface area contributed by atoms with Crippen LogP contribution < -0.4 is 0 Å². The highest BCUT2D eigenvalue weighted by molar-refractivity contribution is 6.26. The molecule has 9 aromatic rings. The van der Waals surface area contributed by atoms with Gasteiger partial charge in [-0.05, 0) is 94.2 Å². The van der Waals surface area contributed by atoms with Crippen molar-refractivity contribution in [2.45, 2.75) is 13.8 Å². The van der Waals surface area contributed by atoms with E-state index in [0.717, 1.165) is 50.6 Å². The Morgan fingerprint density at radius 2 is 0.978 bits per heavy atom. The van der Waals surface area contributed by atoms with E-state index in [4.69, 9.17) is 9.97 Å². The number of benzene rings is 6. The van der Waals surface area contributed by atoms with Crippen molar-refractivity contribution < 1.29 is 0 Å². The van der Waals surface area contributed by atoms with Gasteiger partial charge in [-0.1, -0.05) is 97.1 Å². The van der Waals surface area contributed by atoms with Crippen LogP contribution in [0.3, 0.4) is 0 Å². The molecule has 0 atom stereocenters. The minimum atomic E-state index is 0.925. The predicted molar refractivity (Wildman–Crippen MR) is 189 cm³/mol. The number of fused-ring (bicyclic) bond motifs is 9. The molecule has 0 spiro atoms. The molecule has 0 bridgehead atoms. The predicted octanol–water partition coefficient (Wildman–Crippen LogP) is 11.0. The van der Waals surface area contributed by atoms with Gasteiger partial charge in [-0.25, -0.2) is 4.98 Å². The smallest absolute Gasteiger partial charge is 0.138 e. The van der Waals surface area contributed by atoms with E-state index < -0.39 is 0 Å². The van der Waals surface area contributed by atoms with Crippen LogP contribution in [0.25, 0.3) is 82.5 Å². The molecule has 3 nitrogen and oxygen atoms in total. The number of para-hydroxylation sites is 2. The minimum Gasteiger partial charge on any atom is -0.294 e. The highest BCUT2D eigenvalue weighted by atomic mass is 15.1. The maximum absolute atomic E-state index is 5.34. The van der Waals surface area contributed by atoms with E-state index in [0.29, 0.717) is 0 Å². The van der Waals surface area contributed by atoms with Crippen LogP contribution in [0.4, 0.5) is 0 Å². The van der Waals surface area contributed by atoms with Crippen molar-refractivity contribution in [2.75, 3.05) is 0 Å². The molecule has 0 aliphatic heterocycles. The van der Waals surface area contributed by atoms with Gasteiger partial charge in [0.1, 0.15) is 5.82 Å². The zero-order valence-corrected chi connectivity index (χ0v) is 25.1. The van der Waals surface area contributed by atoms with Crippen molar-refractivity contribution in [1.82, 2.24) is 14.5 Å². The molecule has 6 aromatic carbocycles. The quantitative estimate of drug-likeness (QED) is 0.196. The summed E-state index contributed by atoms with van der Waals surface area (Å²) in [5.41, 5.74) is 8.76. The summed E-state index contributed by atoms with van der Waals surface area (Å²) in [4.78, 5) is 10.1. The Kier molecular flexibility index (Phi) is 5.63. The van der Waals surface area contributed by atoms with E-state index in [9.17, 15) is 0 Å². The molecule has 3 aromatic heterocycles. The van der Waals surface area contributed by atoms with Crippen molar-refractivity contribution in [1.29, 1.82) is 0 Å². The first-order valence-electron chi connectivity index (χ1n) is 15.4. The van der Waals surface area contributed by atoms with Gasteiger partial charge in [-0.15, -0.1) is 0 Å². The third-order valence-corrected chi connectivity index (χ3v) is 9.19. The zero-order chi connectivity index (χ0) is 30.1. The van der Waals surface area contributed by atoms with Gasteiger partial charge in [0.2, 0.25) is 0 Å². The van der Waals surface area contributed by atoms with Gasteiger partial charge in [0.05, 0.1) is 22.4 Å².